The van der Waals surface area contributed by atoms with E-state index in [1.54, 1.807) is 12.1 Å². The van der Waals surface area contributed by atoms with Crippen LogP contribution in [0.5, 0.6) is 0 Å². The quantitative estimate of drug-likeness (QED) is 0.689. The number of hydrazine groups is 1. The molecule has 2 aromatic carbocycles. The summed E-state index contributed by atoms with van der Waals surface area (Å²) < 4.78 is 5.48. The van der Waals surface area contributed by atoms with Crippen LogP contribution in [0.4, 0.5) is 5.69 Å². The van der Waals surface area contributed by atoms with E-state index in [-0.39, 0.29) is 23.9 Å². The molecule has 1 N–H and O–H groups in total. The highest BCUT2D eigenvalue weighted by Gasteiger charge is 2.48. The molecule has 2 aliphatic rings. The van der Waals surface area contributed by atoms with E-state index in [0.717, 1.165) is 19.3 Å². The van der Waals surface area contributed by atoms with Crippen molar-refractivity contribution >= 4 is 17.6 Å². The molecule has 4 rings (SSSR count). The van der Waals surface area contributed by atoms with E-state index in [0.29, 0.717) is 11.3 Å². The molecular formula is C20H20N2O3. The van der Waals surface area contributed by atoms with Crippen LogP contribution in [0.25, 0.3) is 0 Å². The minimum absolute atomic E-state index is 0.0190. The fourth-order valence-corrected chi connectivity index (χ4v) is 3.70. The summed E-state index contributed by atoms with van der Waals surface area (Å²) in [6.45, 7) is 0. The van der Waals surface area contributed by atoms with Crippen LogP contribution < -0.4 is 10.4 Å². The molecular weight excluding hydrogens is 316 g/mol. The molecule has 5 nitrogen and oxygen atoms in total. The molecule has 0 unspecified atom stereocenters. The Balaban J connectivity index is 1.64. The molecule has 1 saturated heterocycles. The number of nitrogens with one attached hydrogen (secondary N) is 1. The predicted octanol–water partition coefficient (Wildman–Crippen LogP) is 2.93. The molecule has 0 bridgehead atoms. The Kier molecular flexibility index (Phi) is 4.24. The van der Waals surface area contributed by atoms with Gasteiger partial charge >= 0.3 is 5.97 Å². The highest BCUT2D eigenvalue weighted by Crippen LogP contribution is 2.37. The second-order valence-corrected chi connectivity index (χ2v) is 6.52. The van der Waals surface area contributed by atoms with Gasteiger partial charge in [0.2, 0.25) is 0 Å². The van der Waals surface area contributed by atoms with Crippen molar-refractivity contribution in [3.05, 3.63) is 66.2 Å². The van der Waals surface area contributed by atoms with Gasteiger partial charge in [-0.1, -0.05) is 36.4 Å². The second-order valence-electron chi connectivity index (χ2n) is 6.52. The lowest BCUT2D eigenvalue weighted by atomic mass is 10.00. The van der Waals surface area contributed by atoms with E-state index in [1.165, 1.54) is 5.01 Å². The largest absolute Gasteiger partial charge is 0.461 e. The number of anilines is 1. The molecule has 1 saturated carbocycles. The molecule has 0 spiro atoms. The number of rotatable bonds is 4. The van der Waals surface area contributed by atoms with Gasteiger partial charge in [-0.2, -0.15) is 0 Å². The minimum atomic E-state index is -0.486. The van der Waals surface area contributed by atoms with Crippen molar-refractivity contribution in [3.8, 4) is 0 Å². The van der Waals surface area contributed by atoms with Gasteiger partial charge in [-0.05, 0) is 43.5 Å². The topological polar surface area (TPSA) is 58.6 Å². The first-order valence-electron chi connectivity index (χ1n) is 8.65. The predicted molar refractivity (Wildman–Crippen MR) is 93.8 cm³/mol. The number of carbonyl (C=O) groups excluding carboxylic acids is 2. The third-order valence-electron chi connectivity index (χ3n) is 4.96. The van der Waals surface area contributed by atoms with Crippen molar-refractivity contribution in [3.63, 3.8) is 0 Å². The lowest BCUT2D eigenvalue weighted by Gasteiger charge is -2.27. The molecule has 1 heterocycles. The fraction of sp³-hybridized carbons (Fsp3) is 0.300. The third kappa shape index (κ3) is 3.03. The number of fused-ring (bicyclic) bond motifs is 1. The van der Waals surface area contributed by atoms with Crippen molar-refractivity contribution in [1.29, 1.82) is 0 Å². The number of amides is 1. The maximum absolute atomic E-state index is 13.0. The number of hydrogen-bond acceptors (Lipinski definition) is 4. The maximum Gasteiger partial charge on any atom is 0.325 e. The summed E-state index contributed by atoms with van der Waals surface area (Å²) >= 11 is 0. The first-order chi connectivity index (χ1) is 12.2. The van der Waals surface area contributed by atoms with Crippen LogP contribution in [-0.4, -0.2) is 24.0 Å². The number of esters is 1. The lowest BCUT2D eigenvalue weighted by Crippen LogP contribution is -2.52. The Labute approximate surface area is 146 Å². The lowest BCUT2D eigenvalue weighted by molar-refractivity contribution is -0.143. The molecule has 1 aliphatic carbocycles. The molecule has 25 heavy (non-hydrogen) atoms. The summed E-state index contributed by atoms with van der Waals surface area (Å²) in [6.07, 6.45) is 2.89. The smallest absolute Gasteiger partial charge is 0.325 e. The SMILES string of the molecule is O=C1O[C@@H]2CCC[C@@H]2[C@H]1NN(C(=O)c1ccccc1)c1ccccc1. The zero-order chi connectivity index (χ0) is 17.2. The van der Waals surface area contributed by atoms with Gasteiger partial charge in [-0.3, -0.25) is 9.59 Å². The van der Waals surface area contributed by atoms with Gasteiger partial charge in [0, 0.05) is 11.5 Å². The highest BCUT2D eigenvalue weighted by atomic mass is 16.6. The van der Waals surface area contributed by atoms with Crippen molar-refractivity contribution < 1.29 is 14.3 Å². The van der Waals surface area contributed by atoms with Crippen molar-refractivity contribution in [2.24, 2.45) is 5.92 Å². The van der Waals surface area contributed by atoms with Crippen LogP contribution in [0.3, 0.4) is 0 Å². The van der Waals surface area contributed by atoms with E-state index >= 15 is 0 Å². The zero-order valence-electron chi connectivity index (χ0n) is 13.8. The van der Waals surface area contributed by atoms with E-state index in [2.05, 4.69) is 5.43 Å². The van der Waals surface area contributed by atoms with Gasteiger partial charge in [0.25, 0.3) is 5.91 Å². The zero-order valence-corrected chi connectivity index (χ0v) is 13.8. The number of carbonyl (C=O) groups is 2. The average molecular weight is 336 g/mol. The summed E-state index contributed by atoms with van der Waals surface area (Å²) in [6, 6.07) is 17.9. The fourth-order valence-electron chi connectivity index (χ4n) is 3.70. The Morgan fingerprint density at radius 1 is 1.00 bits per heavy atom. The van der Waals surface area contributed by atoms with Gasteiger partial charge in [-0.15, -0.1) is 0 Å². The van der Waals surface area contributed by atoms with Crippen LogP contribution in [0, 0.1) is 5.92 Å². The van der Waals surface area contributed by atoms with E-state index in [4.69, 9.17) is 4.74 Å². The Bertz CT molecular complexity index is 763. The second kappa shape index (κ2) is 6.69. The summed E-state index contributed by atoms with van der Waals surface area (Å²) in [7, 11) is 0. The molecule has 2 fully saturated rings. The van der Waals surface area contributed by atoms with Crippen molar-refractivity contribution in [1.82, 2.24) is 5.43 Å². The molecule has 0 aromatic heterocycles. The highest BCUT2D eigenvalue weighted by molar-refractivity contribution is 6.05. The molecule has 2 aromatic rings. The first kappa shape index (κ1) is 15.8. The van der Waals surface area contributed by atoms with Crippen LogP contribution in [0.15, 0.2) is 60.7 Å². The molecule has 1 aliphatic heterocycles. The number of ether oxygens (including phenoxy) is 1. The summed E-state index contributed by atoms with van der Waals surface area (Å²) in [5, 5.41) is 1.47. The van der Waals surface area contributed by atoms with Gasteiger partial charge in [0.1, 0.15) is 12.1 Å². The summed E-state index contributed by atoms with van der Waals surface area (Å²) in [5.41, 5.74) is 4.42. The standard InChI is InChI=1S/C20H20N2O3/c23-19(14-8-3-1-4-9-14)22(15-10-5-2-6-11-15)21-18-16-12-7-13-17(16)25-20(18)24/h1-6,8-11,16-18,21H,7,12-13H2/t16-,17+,18+/m0/s1. The Morgan fingerprint density at radius 2 is 1.68 bits per heavy atom. The Hall–Kier alpha value is -2.66. The monoisotopic (exact) mass is 336 g/mol. The van der Waals surface area contributed by atoms with Gasteiger partial charge in [0.15, 0.2) is 0 Å². The molecule has 128 valence electrons. The first-order valence-corrected chi connectivity index (χ1v) is 8.65. The molecule has 5 heteroatoms. The summed E-state index contributed by atoms with van der Waals surface area (Å²) in [5.74, 6) is -0.333. The van der Waals surface area contributed by atoms with E-state index in [1.807, 2.05) is 48.5 Å². The number of hydrogen-bond donors (Lipinski definition) is 1. The molecule has 0 radical (unpaired) electrons. The van der Waals surface area contributed by atoms with Crippen LogP contribution in [-0.2, 0) is 9.53 Å². The Morgan fingerprint density at radius 3 is 2.40 bits per heavy atom. The number of benzene rings is 2. The number of nitrogens with zero attached hydrogens (tertiary/aromatic N) is 1. The van der Waals surface area contributed by atoms with Crippen LogP contribution >= 0.6 is 0 Å². The van der Waals surface area contributed by atoms with E-state index < -0.39 is 6.04 Å². The summed E-state index contributed by atoms with van der Waals surface area (Å²) in [4.78, 5) is 25.3. The van der Waals surface area contributed by atoms with Crippen LogP contribution in [0.1, 0.15) is 29.6 Å². The molecule has 3 atom stereocenters. The van der Waals surface area contributed by atoms with Crippen molar-refractivity contribution in [2.45, 2.75) is 31.4 Å². The molecule has 1 amide bonds. The van der Waals surface area contributed by atoms with Crippen molar-refractivity contribution in [2.75, 3.05) is 5.01 Å². The van der Waals surface area contributed by atoms with E-state index in [9.17, 15) is 9.59 Å². The number of para-hydroxylation sites is 1. The van der Waals surface area contributed by atoms with Gasteiger partial charge < -0.3 is 4.74 Å². The van der Waals surface area contributed by atoms with Crippen LogP contribution in [0.2, 0.25) is 0 Å². The normalized spacial score (nSPS) is 24.6. The minimum Gasteiger partial charge on any atom is -0.461 e. The average Bonchev–Trinajstić information content (AvgIpc) is 3.22. The van der Waals surface area contributed by atoms with Gasteiger partial charge in [0.05, 0.1) is 5.69 Å². The van der Waals surface area contributed by atoms with Gasteiger partial charge in [-0.25, -0.2) is 10.4 Å². The maximum atomic E-state index is 13.0. The third-order valence-corrected chi connectivity index (χ3v) is 4.96.